The molecule has 0 spiro atoms. The Morgan fingerprint density at radius 1 is 1.03 bits per heavy atom. The molecule has 3 aromatic rings. The molecule has 0 aliphatic carbocycles. The first-order chi connectivity index (χ1) is 13.7. The van der Waals surface area contributed by atoms with E-state index in [2.05, 4.69) is 39.5 Å². The van der Waals surface area contributed by atoms with Crippen molar-refractivity contribution in [2.75, 3.05) is 13.1 Å². The van der Waals surface area contributed by atoms with Crippen molar-refractivity contribution in [3.8, 4) is 0 Å². The van der Waals surface area contributed by atoms with Crippen LogP contribution < -0.4 is 10.6 Å². The number of amides is 1. The fraction of sp³-hybridized carbons (Fsp3) is 0.435. The van der Waals surface area contributed by atoms with Crippen molar-refractivity contribution in [2.45, 2.75) is 52.0 Å². The van der Waals surface area contributed by atoms with Crippen LogP contribution in [0.2, 0.25) is 0 Å². The maximum absolute atomic E-state index is 11.8. The Hall–Kier alpha value is -2.57. The molecule has 3 rings (SSSR count). The highest BCUT2D eigenvalue weighted by atomic mass is 16.6. The van der Waals surface area contributed by atoms with Crippen LogP contribution in [0.4, 0.5) is 4.79 Å². The molecule has 0 radical (unpaired) electrons. The molecule has 3 N–H and O–H groups in total. The summed E-state index contributed by atoms with van der Waals surface area (Å²) in [6.07, 6.45) is -0.986. The summed E-state index contributed by atoms with van der Waals surface area (Å²) in [6, 6.07) is 16.4. The zero-order chi connectivity index (χ0) is 21.0. The number of nitrogens with one attached hydrogen (secondary N) is 2. The van der Waals surface area contributed by atoms with Gasteiger partial charge in [-0.05, 0) is 39.8 Å². The van der Waals surface area contributed by atoms with E-state index in [0.29, 0.717) is 19.6 Å². The summed E-state index contributed by atoms with van der Waals surface area (Å²) >= 11 is 0. The minimum absolute atomic E-state index is 0.106. The highest BCUT2D eigenvalue weighted by molar-refractivity contribution is 6.07. The number of nitrogens with zero attached hydrogens (tertiary/aromatic N) is 1. The van der Waals surface area contributed by atoms with E-state index in [4.69, 9.17) is 4.74 Å². The van der Waals surface area contributed by atoms with E-state index in [1.807, 2.05) is 52.0 Å². The third kappa shape index (κ3) is 5.49. The van der Waals surface area contributed by atoms with Crippen molar-refractivity contribution >= 4 is 27.9 Å². The van der Waals surface area contributed by atoms with Crippen molar-refractivity contribution < 1.29 is 14.6 Å². The van der Waals surface area contributed by atoms with Crippen LogP contribution in [-0.2, 0) is 11.3 Å². The molecule has 0 aliphatic heterocycles. The molecule has 1 aromatic heterocycles. The molecule has 0 fully saturated rings. The molecule has 156 valence electrons. The first-order valence-corrected chi connectivity index (χ1v) is 10.1. The number of benzene rings is 2. The van der Waals surface area contributed by atoms with E-state index < -0.39 is 17.8 Å². The van der Waals surface area contributed by atoms with Crippen molar-refractivity contribution in [3.05, 3.63) is 48.5 Å². The third-order valence-electron chi connectivity index (χ3n) is 4.67. The summed E-state index contributed by atoms with van der Waals surface area (Å²) in [5.41, 5.74) is 1.72. The quantitative estimate of drug-likeness (QED) is 0.569. The lowest BCUT2D eigenvalue weighted by molar-refractivity contribution is 0.0507. The average Bonchev–Trinajstić information content (AvgIpc) is 2.94. The topological polar surface area (TPSA) is 75.5 Å². The molecule has 29 heavy (non-hydrogen) atoms. The summed E-state index contributed by atoms with van der Waals surface area (Å²) in [4.78, 5) is 11.8. The fourth-order valence-corrected chi connectivity index (χ4v) is 3.50. The Labute approximate surface area is 171 Å². The molecule has 6 nitrogen and oxygen atoms in total. The second-order valence-corrected chi connectivity index (χ2v) is 8.50. The van der Waals surface area contributed by atoms with Crippen LogP contribution in [0.25, 0.3) is 21.8 Å². The SMILES string of the molecule is C[C@H](CNC[C@H](O)Cn1c2ccccc2c2ccccc21)NC(=O)OC(C)(C)C. The molecule has 0 aliphatic rings. The van der Waals surface area contributed by atoms with Gasteiger partial charge in [0.1, 0.15) is 5.60 Å². The highest BCUT2D eigenvalue weighted by Gasteiger charge is 2.18. The number of fused-ring (bicyclic) bond motifs is 3. The second kappa shape index (κ2) is 8.84. The van der Waals surface area contributed by atoms with Crippen LogP contribution in [0.15, 0.2) is 48.5 Å². The van der Waals surface area contributed by atoms with E-state index >= 15 is 0 Å². The standard InChI is InChI=1S/C23H31N3O3/c1-16(25-22(28)29-23(2,3)4)13-24-14-17(27)15-26-20-11-7-5-9-18(20)19-10-6-8-12-21(19)26/h5-12,16-17,24,27H,13-15H2,1-4H3,(H,25,28)/t16-,17+/m1/s1. The second-order valence-electron chi connectivity index (χ2n) is 8.50. The number of rotatable bonds is 7. The van der Waals surface area contributed by atoms with Gasteiger partial charge in [-0.2, -0.15) is 0 Å². The molecule has 0 saturated carbocycles. The number of carbonyl (C=O) groups excluding carboxylic acids is 1. The lowest BCUT2D eigenvalue weighted by Crippen LogP contribution is -2.44. The molecule has 1 heterocycles. The van der Waals surface area contributed by atoms with Gasteiger partial charge < -0.3 is 25.0 Å². The molecule has 2 atom stereocenters. The maximum atomic E-state index is 11.8. The van der Waals surface area contributed by atoms with Gasteiger partial charge in [-0.15, -0.1) is 0 Å². The fourth-order valence-electron chi connectivity index (χ4n) is 3.50. The monoisotopic (exact) mass is 397 g/mol. The zero-order valence-corrected chi connectivity index (χ0v) is 17.6. The van der Waals surface area contributed by atoms with Crippen LogP contribution in [0.1, 0.15) is 27.7 Å². The van der Waals surface area contributed by atoms with E-state index in [9.17, 15) is 9.90 Å². The van der Waals surface area contributed by atoms with Crippen LogP contribution in [-0.4, -0.2) is 46.6 Å². The Kier molecular flexibility index (Phi) is 6.45. The van der Waals surface area contributed by atoms with Crippen LogP contribution >= 0.6 is 0 Å². The smallest absolute Gasteiger partial charge is 0.407 e. The van der Waals surface area contributed by atoms with Gasteiger partial charge in [-0.3, -0.25) is 0 Å². The largest absolute Gasteiger partial charge is 0.444 e. The molecule has 2 aromatic carbocycles. The minimum Gasteiger partial charge on any atom is -0.444 e. The van der Waals surface area contributed by atoms with Gasteiger partial charge in [0.25, 0.3) is 0 Å². The average molecular weight is 398 g/mol. The Morgan fingerprint density at radius 2 is 1.59 bits per heavy atom. The molecular formula is C23H31N3O3. The van der Waals surface area contributed by atoms with E-state index in [1.165, 1.54) is 10.8 Å². The lowest BCUT2D eigenvalue weighted by atomic mass is 10.2. The Morgan fingerprint density at radius 3 is 2.14 bits per heavy atom. The number of aliphatic hydroxyl groups is 1. The van der Waals surface area contributed by atoms with Gasteiger partial charge >= 0.3 is 6.09 Å². The van der Waals surface area contributed by atoms with Gasteiger partial charge in [-0.25, -0.2) is 4.79 Å². The molecular weight excluding hydrogens is 366 g/mol. The maximum Gasteiger partial charge on any atom is 0.407 e. The Balaban J connectivity index is 1.56. The number of ether oxygens (including phenoxy) is 1. The normalized spacial score (nSPS) is 14.1. The number of hydrogen-bond acceptors (Lipinski definition) is 4. The highest BCUT2D eigenvalue weighted by Crippen LogP contribution is 2.28. The lowest BCUT2D eigenvalue weighted by Gasteiger charge is -2.22. The summed E-state index contributed by atoms with van der Waals surface area (Å²) in [7, 11) is 0. The summed E-state index contributed by atoms with van der Waals surface area (Å²) in [5.74, 6) is 0. The van der Waals surface area contributed by atoms with E-state index in [-0.39, 0.29) is 6.04 Å². The van der Waals surface area contributed by atoms with Crippen molar-refractivity contribution in [2.24, 2.45) is 0 Å². The van der Waals surface area contributed by atoms with E-state index in [0.717, 1.165) is 11.0 Å². The van der Waals surface area contributed by atoms with Crippen LogP contribution in [0, 0.1) is 0 Å². The summed E-state index contributed by atoms with van der Waals surface area (Å²) in [6.45, 7) is 8.87. The predicted octanol–water partition coefficient (Wildman–Crippen LogP) is 3.66. The minimum atomic E-state index is -0.553. The van der Waals surface area contributed by atoms with Crippen LogP contribution in [0.3, 0.4) is 0 Å². The number of hydrogen-bond donors (Lipinski definition) is 3. The number of carbonyl (C=O) groups is 1. The third-order valence-corrected chi connectivity index (χ3v) is 4.67. The van der Waals surface area contributed by atoms with Gasteiger partial charge in [-0.1, -0.05) is 36.4 Å². The number of aromatic nitrogens is 1. The van der Waals surface area contributed by atoms with Crippen molar-refractivity contribution in [1.82, 2.24) is 15.2 Å². The van der Waals surface area contributed by atoms with Crippen LogP contribution in [0.5, 0.6) is 0 Å². The molecule has 6 heteroatoms. The summed E-state index contributed by atoms with van der Waals surface area (Å²) < 4.78 is 7.42. The van der Waals surface area contributed by atoms with Gasteiger partial charge in [0.05, 0.1) is 12.6 Å². The molecule has 1 amide bonds. The molecule has 0 saturated heterocycles. The first kappa shape index (κ1) is 21.1. The van der Waals surface area contributed by atoms with Crippen molar-refractivity contribution in [1.29, 1.82) is 0 Å². The van der Waals surface area contributed by atoms with Gasteiger partial charge in [0, 0.05) is 40.9 Å². The summed E-state index contributed by atoms with van der Waals surface area (Å²) in [5, 5.41) is 19.0. The van der Waals surface area contributed by atoms with Crippen molar-refractivity contribution in [3.63, 3.8) is 0 Å². The molecule has 0 unspecified atom stereocenters. The zero-order valence-electron chi connectivity index (χ0n) is 17.6. The van der Waals surface area contributed by atoms with Gasteiger partial charge in [0.2, 0.25) is 0 Å². The predicted molar refractivity (Wildman–Crippen MR) is 117 cm³/mol. The van der Waals surface area contributed by atoms with Gasteiger partial charge in [0.15, 0.2) is 0 Å². The Bertz CT molecular complexity index is 921. The number of alkyl carbamates (subject to hydrolysis) is 1. The first-order valence-electron chi connectivity index (χ1n) is 10.1. The number of aliphatic hydroxyl groups excluding tert-OH is 1. The number of para-hydroxylation sites is 2. The molecule has 0 bridgehead atoms. The van der Waals surface area contributed by atoms with E-state index in [1.54, 1.807) is 0 Å².